The first-order valence-electron chi connectivity index (χ1n) is 12.9. The van der Waals surface area contributed by atoms with Crippen LogP contribution in [0.2, 0.25) is 0 Å². The fourth-order valence-electron chi connectivity index (χ4n) is 4.59. The van der Waals surface area contributed by atoms with Crippen LogP contribution >= 0.6 is 7.92 Å². The van der Waals surface area contributed by atoms with Crippen LogP contribution < -0.4 is 15.9 Å². The Labute approximate surface area is 223 Å². The zero-order valence-corrected chi connectivity index (χ0v) is 23.8. The molecule has 3 heteroatoms. The third-order valence-corrected chi connectivity index (χ3v) is 8.72. The van der Waals surface area contributed by atoms with Gasteiger partial charge in [-0.3, -0.25) is 4.99 Å². The van der Waals surface area contributed by atoms with E-state index in [1.54, 1.807) is 0 Å². The van der Waals surface area contributed by atoms with E-state index in [2.05, 4.69) is 133 Å². The van der Waals surface area contributed by atoms with Gasteiger partial charge in [-0.2, -0.15) is 0 Å². The molecule has 1 N–H and O–H groups in total. The van der Waals surface area contributed by atoms with Crippen LogP contribution in [0.5, 0.6) is 5.75 Å². The molecule has 0 bridgehead atoms. The van der Waals surface area contributed by atoms with Crippen molar-refractivity contribution in [1.82, 2.24) is 0 Å². The van der Waals surface area contributed by atoms with Gasteiger partial charge in [0.2, 0.25) is 0 Å². The second-order valence-electron chi connectivity index (χ2n) is 11.8. The highest BCUT2D eigenvalue weighted by Gasteiger charge is 2.23. The van der Waals surface area contributed by atoms with Gasteiger partial charge < -0.3 is 5.11 Å². The van der Waals surface area contributed by atoms with E-state index in [1.807, 2.05) is 12.3 Å². The minimum Gasteiger partial charge on any atom is -0.507 e. The summed E-state index contributed by atoms with van der Waals surface area (Å²) in [5.41, 5.74) is 3.85. The van der Waals surface area contributed by atoms with Crippen LogP contribution in [-0.2, 0) is 11.8 Å². The minimum absolute atomic E-state index is 0.147. The van der Waals surface area contributed by atoms with Gasteiger partial charge in [0.25, 0.3) is 0 Å². The second kappa shape index (κ2) is 11.0. The average molecular weight is 508 g/mol. The Morgan fingerprint density at radius 1 is 0.730 bits per heavy atom. The molecule has 0 spiro atoms. The first kappa shape index (κ1) is 26.8. The van der Waals surface area contributed by atoms with Gasteiger partial charge in [0.05, 0.1) is 5.69 Å². The molecule has 2 nitrogen and oxygen atoms in total. The van der Waals surface area contributed by atoms with E-state index in [0.29, 0.717) is 5.75 Å². The number of aromatic hydroxyl groups is 1. The fourth-order valence-corrected chi connectivity index (χ4v) is 6.98. The Bertz CT molecular complexity index is 1320. The summed E-state index contributed by atoms with van der Waals surface area (Å²) in [7, 11) is -0.781. The molecule has 4 aromatic carbocycles. The molecule has 0 radical (unpaired) electrons. The molecule has 0 atom stereocenters. The predicted octanol–water partition coefficient (Wildman–Crippen LogP) is 7.79. The van der Waals surface area contributed by atoms with Gasteiger partial charge in [-0.1, -0.05) is 126 Å². The highest BCUT2D eigenvalue weighted by molar-refractivity contribution is 7.80. The molecule has 0 aromatic heterocycles. The van der Waals surface area contributed by atoms with E-state index in [1.165, 1.54) is 21.5 Å². The molecule has 0 unspecified atom stereocenters. The van der Waals surface area contributed by atoms with Crippen molar-refractivity contribution in [2.45, 2.75) is 53.4 Å². The number of phenolic OH excluding ortho intramolecular Hbond substituents is 1. The summed E-state index contributed by atoms with van der Waals surface area (Å²) >= 11 is 0. The van der Waals surface area contributed by atoms with E-state index in [0.717, 1.165) is 23.2 Å². The van der Waals surface area contributed by atoms with Crippen LogP contribution in [-0.4, -0.2) is 11.3 Å². The lowest BCUT2D eigenvalue weighted by molar-refractivity contribution is 0.408. The first-order chi connectivity index (χ1) is 17.5. The fraction of sp³-hybridized carbons (Fsp3) is 0.265. The highest BCUT2D eigenvalue weighted by Crippen LogP contribution is 2.38. The van der Waals surface area contributed by atoms with E-state index in [4.69, 9.17) is 4.99 Å². The summed E-state index contributed by atoms with van der Waals surface area (Å²) in [5.74, 6) is 0.319. The summed E-state index contributed by atoms with van der Waals surface area (Å²) in [5, 5.41) is 15.1. The van der Waals surface area contributed by atoms with Gasteiger partial charge in [0.1, 0.15) is 5.75 Å². The SMILES string of the molecule is CC(C)(C)Cc1cc(C=Nc2ccccc2P(c2ccccc2)c2ccccc2)c(O)c(C(C)(C)C)c1. The maximum Gasteiger partial charge on any atom is 0.128 e. The summed E-state index contributed by atoms with van der Waals surface area (Å²) in [4.78, 5) is 5.00. The quantitative estimate of drug-likeness (QED) is 0.210. The number of aliphatic imine (C=N–C) groups is 1. The molecule has 4 rings (SSSR count). The number of benzene rings is 4. The molecular weight excluding hydrogens is 469 g/mol. The Hall–Kier alpha value is -3.22. The second-order valence-corrected chi connectivity index (χ2v) is 14.0. The number of phenols is 1. The first-order valence-corrected chi connectivity index (χ1v) is 14.3. The van der Waals surface area contributed by atoms with Crippen LogP contribution in [0.1, 0.15) is 58.2 Å². The largest absolute Gasteiger partial charge is 0.507 e. The summed E-state index contributed by atoms with van der Waals surface area (Å²) in [6.45, 7) is 13.2. The lowest BCUT2D eigenvalue weighted by atomic mass is 9.81. The Morgan fingerprint density at radius 3 is 1.81 bits per heavy atom. The molecule has 0 aliphatic heterocycles. The maximum atomic E-state index is 11.3. The molecule has 37 heavy (non-hydrogen) atoms. The van der Waals surface area contributed by atoms with E-state index in [9.17, 15) is 5.11 Å². The molecule has 0 amide bonds. The van der Waals surface area contributed by atoms with Crippen LogP contribution in [0, 0.1) is 5.41 Å². The van der Waals surface area contributed by atoms with Crippen molar-refractivity contribution in [3.05, 3.63) is 114 Å². The van der Waals surface area contributed by atoms with Gasteiger partial charge >= 0.3 is 0 Å². The van der Waals surface area contributed by atoms with Crippen molar-refractivity contribution < 1.29 is 5.11 Å². The van der Waals surface area contributed by atoms with E-state index in [-0.39, 0.29) is 10.8 Å². The number of para-hydroxylation sites is 1. The van der Waals surface area contributed by atoms with Crippen LogP contribution in [0.3, 0.4) is 0 Å². The Balaban J connectivity index is 1.82. The summed E-state index contributed by atoms with van der Waals surface area (Å²) < 4.78 is 0. The Morgan fingerprint density at radius 2 is 1.27 bits per heavy atom. The van der Waals surface area contributed by atoms with E-state index < -0.39 is 7.92 Å². The zero-order valence-electron chi connectivity index (χ0n) is 22.9. The lowest BCUT2D eigenvalue weighted by Crippen LogP contribution is -2.20. The van der Waals surface area contributed by atoms with Crippen molar-refractivity contribution in [2.24, 2.45) is 10.4 Å². The minimum atomic E-state index is -0.781. The number of rotatable bonds is 6. The molecule has 0 heterocycles. The molecule has 0 aliphatic rings. The van der Waals surface area contributed by atoms with Gasteiger partial charge in [0.15, 0.2) is 0 Å². The lowest BCUT2D eigenvalue weighted by Gasteiger charge is -2.25. The zero-order chi connectivity index (χ0) is 26.6. The molecule has 0 saturated carbocycles. The van der Waals surface area contributed by atoms with Crippen molar-refractivity contribution in [2.75, 3.05) is 0 Å². The third-order valence-electron chi connectivity index (χ3n) is 6.24. The van der Waals surface area contributed by atoms with Crippen molar-refractivity contribution in [3.8, 4) is 5.75 Å². The molecule has 4 aromatic rings. The highest BCUT2D eigenvalue weighted by atomic mass is 31.1. The number of hydrogen-bond acceptors (Lipinski definition) is 2. The normalized spacial score (nSPS) is 12.4. The molecule has 190 valence electrons. The van der Waals surface area contributed by atoms with Crippen LogP contribution in [0.25, 0.3) is 0 Å². The molecular formula is C34H38NOP. The van der Waals surface area contributed by atoms with Gasteiger partial charge in [-0.15, -0.1) is 0 Å². The Kier molecular flexibility index (Phi) is 8.00. The van der Waals surface area contributed by atoms with Crippen molar-refractivity contribution in [1.29, 1.82) is 0 Å². The summed E-state index contributed by atoms with van der Waals surface area (Å²) in [6.07, 6.45) is 2.78. The predicted molar refractivity (Wildman–Crippen MR) is 162 cm³/mol. The number of hydrogen-bond donors (Lipinski definition) is 1. The maximum absolute atomic E-state index is 11.3. The smallest absolute Gasteiger partial charge is 0.128 e. The van der Waals surface area contributed by atoms with Crippen LogP contribution in [0.4, 0.5) is 5.69 Å². The monoisotopic (exact) mass is 507 g/mol. The van der Waals surface area contributed by atoms with E-state index >= 15 is 0 Å². The summed E-state index contributed by atoms with van der Waals surface area (Å²) in [6, 6.07) is 34.0. The van der Waals surface area contributed by atoms with Gasteiger partial charge in [-0.05, 0) is 53.5 Å². The average Bonchev–Trinajstić information content (AvgIpc) is 2.85. The van der Waals surface area contributed by atoms with Crippen molar-refractivity contribution >= 4 is 35.7 Å². The van der Waals surface area contributed by atoms with Crippen LogP contribution in [0.15, 0.2) is 102 Å². The molecule has 0 fully saturated rings. The van der Waals surface area contributed by atoms with Gasteiger partial charge in [0, 0.05) is 22.6 Å². The molecule has 0 saturated heterocycles. The van der Waals surface area contributed by atoms with Crippen molar-refractivity contribution in [3.63, 3.8) is 0 Å². The standard InChI is InChI=1S/C34H38NOP/c1-33(2,3)23-25-21-26(32(36)29(22-25)34(4,5)6)24-35-30-19-13-14-20-31(30)37(27-15-9-7-10-16-27)28-17-11-8-12-18-28/h7-22,24,36H,23H2,1-6H3. The van der Waals surface area contributed by atoms with Gasteiger partial charge in [-0.25, -0.2) is 0 Å². The number of nitrogens with zero attached hydrogens (tertiary/aromatic N) is 1. The molecule has 0 aliphatic carbocycles. The third kappa shape index (κ3) is 6.76. The topological polar surface area (TPSA) is 32.6 Å².